The van der Waals surface area contributed by atoms with Gasteiger partial charge in [-0.2, -0.15) is 0 Å². The zero-order chi connectivity index (χ0) is 13.8. The lowest BCUT2D eigenvalue weighted by Gasteiger charge is -2.06. The van der Waals surface area contributed by atoms with Gasteiger partial charge in [0.15, 0.2) is 0 Å². The molecule has 0 aliphatic rings. The van der Waals surface area contributed by atoms with Crippen LogP contribution in [-0.4, -0.2) is 6.04 Å². The van der Waals surface area contributed by atoms with Gasteiger partial charge in [0, 0.05) is 17.5 Å². The van der Waals surface area contributed by atoms with Crippen molar-refractivity contribution in [1.82, 2.24) is 0 Å². The third-order valence-electron chi connectivity index (χ3n) is 2.75. The second-order valence-electron chi connectivity index (χ2n) is 4.75. The van der Waals surface area contributed by atoms with Crippen LogP contribution < -0.4 is 10.5 Å². The first-order valence-corrected chi connectivity index (χ1v) is 6.64. The molecule has 102 valence electrons. The van der Waals surface area contributed by atoms with Crippen molar-refractivity contribution >= 4 is 11.6 Å². The fraction of sp³-hybridized carbons (Fsp3) is 0.333. The summed E-state index contributed by atoms with van der Waals surface area (Å²) in [6.45, 7) is 4.30. The van der Waals surface area contributed by atoms with E-state index in [1.807, 2.05) is 44.2 Å². The van der Waals surface area contributed by atoms with E-state index in [-0.39, 0.29) is 6.04 Å². The van der Waals surface area contributed by atoms with Crippen LogP contribution in [0.1, 0.15) is 24.0 Å². The van der Waals surface area contributed by atoms with Gasteiger partial charge in [0.1, 0.15) is 23.9 Å². The summed E-state index contributed by atoms with van der Waals surface area (Å²) in [5, 5.41) is 0.740. The Balaban J connectivity index is 1.94. The number of furan rings is 1. The molecule has 0 spiro atoms. The molecular formula is C15H18ClNO2. The normalized spacial score (nSPS) is 12.4. The first-order valence-electron chi connectivity index (χ1n) is 6.26. The molecule has 0 radical (unpaired) electrons. The molecule has 19 heavy (non-hydrogen) atoms. The zero-order valence-corrected chi connectivity index (χ0v) is 11.9. The van der Waals surface area contributed by atoms with E-state index in [9.17, 15) is 0 Å². The molecule has 1 aromatic carbocycles. The number of hydrogen-bond acceptors (Lipinski definition) is 3. The maximum absolute atomic E-state index is 5.96. The summed E-state index contributed by atoms with van der Waals surface area (Å²) in [4.78, 5) is 0. The predicted molar refractivity (Wildman–Crippen MR) is 76.6 cm³/mol. The highest BCUT2D eigenvalue weighted by atomic mass is 35.5. The summed E-state index contributed by atoms with van der Waals surface area (Å²) >= 11 is 5.96. The van der Waals surface area contributed by atoms with Crippen molar-refractivity contribution in [1.29, 1.82) is 0 Å². The van der Waals surface area contributed by atoms with Crippen LogP contribution in [0.3, 0.4) is 0 Å². The second kappa shape index (κ2) is 6.13. The molecule has 2 rings (SSSR count). The lowest BCUT2D eigenvalue weighted by Crippen LogP contribution is -2.17. The molecule has 2 N–H and O–H groups in total. The molecule has 1 aromatic heterocycles. The van der Waals surface area contributed by atoms with E-state index in [0.29, 0.717) is 6.61 Å². The molecule has 1 atom stereocenters. The molecule has 0 saturated heterocycles. The average molecular weight is 280 g/mol. The number of halogens is 1. The van der Waals surface area contributed by atoms with Gasteiger partial charge in [-0.05, 0) is 49.7 Å². The molecule has 0 aliphatic heterocycles. The Kier molecular flexibility index (Phi) is 4.51. The third-order valence-corrected chi connectivity index (χ3v) is 3.18. The van der Waals surface area contributed by atoms with Gasteiger partial charge in [0.2, 0.25) is 0 Å². The van der Waals surface area contributed by atoms with Crippen LogP contribution in [0.4, 0.5) is 0 Å². The van der Waals surface area contributed by atoms with Crippen LogP contribution in [0.2, 0.25) is 5.02 Å². The summed E-state index contributed by atoms with van der Waals surface area (Å²) in [5.41, 5.74) is 6.72. The Bertz CT molecular complexity index is 549. The van der Waals surface area contributed by atoms with Gasteiger partial charge < -0.3 is 14.9 Å². The smallest absolute Gasteiger partial charge is 0.146 e. The van der Waals surface area contributed by atoms with Gasteiger partial charge in [-0.3, -0.25) is 0 Å². The quantitative estimate of drug-likeness (QED) is 0.908. The van der Waals surface area contributed by atoms with Gasteiger partial charge >= 0.3 is 0 Å². The van der Waals surface area contributed by atoms with E-state index in [1.165, 1.54) is 0 Å². The van der Waals surface area contributed by atoms with E-state index in [2.05, 4.69) is 0 Å². The number of benzene rings is 1. The van der Waals surface area contributed by atoms with Crippen molar-refractivity contribution in [3.05, 3.63) is 52.4 Å². The first-order chi connectivity index (χ1) is 9.04. The Morgan fingerprint density at radius 1 is 1.26 bits per heavy atom. The molecule has 0 bridgehead atoms. The molecule has 4 heteroatoms. The van der Waals surface area contributed by atoms with E-state index < -0.39 is 0 Å². The van der Waals surface area contributed by atoms with Crippen LogP contribution in [0.25, 0.3) is 0 Å². The van der Waals surface area contributed by atoms with Crippen LogP contribution in [-0.2, 0) is 13.0 Å². The van der Waals surface area contributed by atoms with Crippen LogP contribution in [0.15, 0.2) is 34.7 Å². The molecular weight excluding hydrogens is 262 g/mol. The molecule has 3 nitrogen and oxygen atoms in total. The maximum Gasteiger partial charge on any atom is 0.146 e. The van der Waals surface area contributed by atoms with Crippen LogP contribution >= 0.6 is 11.6 Å². The number of nitrogens with two attached hydrogens (primary N) is 1. The average Bonchev–Trinajstić information content (AvgIpc) is 2.77. The lowest BCUT2D eigenvalue weighted by atomic mass is 10.2. The molecule has 1 heterocycles. The van der Waals surface area contributed by atoms with Crippen molar-refractivity contribution in [2.75, 3.05) is 0 Å². The second-order valence-corrected chi connectivity index (χ2v) is 5.16. The minimum Gasteiger partial charge on any atom is -0.486 e. The van der Waals surface area contributed by atoms with Gasteiger partial charge in [-0.25, -0.2) is 0 Å². The lowest BCUT2D eigenvalue weighted by molar-refractivity contribution is 0.265. The van der Waals surface area contributed by atoms with Gasteiger partial charge in [0.05, 0.1) is 0 Å². The fourth-order valence-electron chi connectivity index (χ4n) is 1.79. The monoisotopic (exact) mass is 279 g/mol. The predicted octanol–water partition coefficient (Wildman–Crippen LogP) is 3.71. The van der Waals surface area contributed by atoms with Crippen LogP contribution in [0, 0.1) is 6.92 Å². The molecule has 2 aromatic rings. The molecule has 0 saturated carbocycles. The van der Waals surface area contributed by atoms with E-state index in [1.54, 1.807) is 0 Å². The van der Waals surface area contributed by atoms with Crippen molar-refractivity contribution in [2.24, 2.45) is 5.73 Å². The molecule has 0 fully saturated rings. The standard InChI is InChI=1S/C15H18ClNO2/c1-10-7-12(5-6-15(10)16)18-9-14-4-3-13(19-14)8-11(2)17/h3-7,11H,8-9,17H2,1-2H3. The summed E-state index contributed by atoms with van der Waals surface area (Å²) in [7, 11) is 0. The highest BCUT2D eigenvalue weighted by Crippen LogP contribution is 2.22. The number of hydrogen-bond donors (Lipinski definition) is 1. The minimum absolute atomic E-state index is 0.0961. The van der Waals surface area contributed by atoms with Gasteiger partial charge in [-0.1, -0.05) is 11.6 Å². The summed E-state index contributed by atoms with van der Waals surface area (Å²) in [6, 6.07) is 9.54. The summed E-state index contributed by atoms with van der Waals surface area (Å²) in [5.74, 6) is 2.47. The molecule has 0 aliphatic carbocycles. The van der Waals surface area contributed by atoms with Crippen molar-refractivity contribution in [3.63, 3.8) is 0 Å². The minimum atomic E-state index is 0.0961. The maximum atomic E-state index is 5.96. The van der Waals surface area contributed by atoms with Gasteiger partial charge in [-0.15, -0.1) is 0 Å². The summed E-state index contributed by atoms with van der Waals surface area (Å²) < 4.78 is 11.3. The highest BCUT2D eigenvalue weighted by molar-refractivity contribution is 6.31. The van der Waals surface area contributed by atoms with E-state index >= 15 is 0 Å². The van der Waals surface area contributed by atoms with E-state index in [0.717, 1.165) is 34.3 Å². The number of ether oxygens (including phenoxy) is 1. The van der Waals surface area contributed by atoms with Crippen molar-refractivity contribution in [3.8, 4) is 5.75 Å². The molecule has 1 unspecified atom stereocenters. The number of aryl methyl sites for hydroxylation is 1. The zero-order valence-electron chi connectivity index (χ0n) is 11.2. The Morgan fingerprint density at radius 3 is 2.68 bits per heavy atom. The van der Waals surface area contributed by atoms with Crippen molar-refractivity contribution in [2.45, 2.75) is 32.9 Å². The van der Waals surface area contributed by atoms with Gasteiger partial charge in [0.25, 0.3) is 0 Å². The largest absolute Gasteiger partial charge is 0.486 e. The fourth-order valence-corrected chi connectivity index (χ4v) is 1.91. The van der Waals surface area contributed by atoms with E-state index in [4.69, 9.17) is 26.5 Å². The van der Waals surface area contributed by atoms with Crippen molar-refractivity contribution < 1.29 is 9.15 Å². The SMILES string of the molecule is Cc1cc(OCc2ccc(CC(C)N)o2)ccc1Cl. The topological polar surface area (TPSA) is 48.4 Å². The summed E-state index contributed by atoms with van der Waals surface area (Å²) in [6.07, 6.45) is 0.736. The van der Waals surface area contributed by atoms with Crippen LogP contribution in [0.5, 0.6) is 5.75 Å². The highest BCUT2D eigenvalue weighted by Gasteiger charge is 2.06. The molecule has 0 amide bonds. The number of rotatable bonds is 5. The first kappa shape index (κ1) is 14.0. The Hall–Kier alpha value is -1.45. The Morgan fingerprint density at radius 2 is 2.00 bits per heavy atom. The Labute approximate surface area is 118 Å². The third kappa shape index (κ3) is 4.01.